The van der Waals surface area contributed by atoms with Crippen LogP contribution in [0.4, 0.5) is 0 Å². The summed E-state index contributed by atoms with van der Waals surface area (Å²) >= 11 is 0. The van der Waals surface area contributed by atoms with Gasteiger partial charge in [0.15, 0.2) is 0 Å². The van der Waals surface area contributed by atoms with E-state index in [0.717, 1.165) is 24.7 Å². The molecule has 0 amide bonds. The monoisotopic (exact) mass is 384 g/mol. The van der Waals surface area contributed by atoms with Crippen molar-refractivity contribution in [2.24, 2.45) is 46.3 Å². The summed E-state index contributed by atoms with van der Waals surface area (Å²) in [6.07, 6.45) is 15.7. The van der Waals surface area contributed by atoms with Crippen LogP contribution in [-0.2, 0) is 4.79 Å². The van der Waals surface area contributed by atoms with Gasteiger partial charge in [0, 0.05) is 12.3 Å². The van der Waals surface area contributed by atoms with Crippen molar-refractivity contribution < 1.29 is 4.79 Å². The molecule has 1 heteroatoms. The second-order valence-corrected chi connectivity index (χ2v) is 11.9. The predicted octanol–water partition coefficient (Wildman–Crippen LogP) is 7.60. The largest absolute Gasteiger partial charge is 0.299 e. The number of ketones is 1. The normalized spacial score (nSPS) is 46.4. The smallest absolute Gasteiger partial charge is 0.137 e. The van der Waals surface area contributed by atoms with Gasteiger partial charge in [-0.05, 0) is 98.7 Å². The lowest BCUT2D eigenvalue weighted by atomic mass is 9.44. The van der Waals surface area contributed by atoms with Crippen molar-refractivity contribution in [3.8, 4) is 0 Å². The van der Waals surface area contributed by atoms with Gasteiger partial charge < -0.3 is 0 Å². The van der Waals surface area contributed by atoms with Crippen LogP contribution in [0.3, 0.4) is 0 Å². The Kier molecular flexibility index (Phi) is 5.60. The number of fused-ring (bicyclic) bond motifs is 5. The van der Waals surface area contributed by atoms with Crippen molar-refractivity contribution in [2.45, 2.75) is 105 Å². The highest BCUT2D eigenvalue weighted by Crippen LogP contribution is 2.67. The molecular weight excluding hydrogens is 340 g/mol. The number of carbonyl (C=O) groups excluding carboxylic acids is 1. The number of hydrogen-bond acceptors (Lipinski definition) is 1. The Morgan fingerprint density at radius 2 is 1.89 bits per heavy atom. The molecule has 0 aromatic carbocycles. The summed E-state index contributed by atoms with van der Waals surface area (Å²) in [5.41, 5.74) is 2.11. The average molecular weight is 385 g/mol. The van der Waals surface area contributed by atoms with Gasteiger partial charge in [-0.2, -0.15) is 0 Å². The van der Waals surface area contributed by atoms with E-state index in [-0.39, 0.29) is 5.41 Å². The zero-order chi connectivity index (χ0) is 20.1. The molecule has 28 heavy (non-hydrogen) atoms. The van der Waals surface area contributed by atoms with Gasteiger partial charge in [-0.1, -0.05) is 45.6 Å². The highest BCUT2D eigenvalue weighted by Gasteiger charge is 2.62. The molecule has 0 aromatic rings. The van der Waals surface area contributed by atoms with E-state index in [0.29, 0.717) is 34.9 Å². The first kappa shape index (κ1) is 20.7. The van der Waals surface area contributed by atoms with E-state index in [9.17, 15) is 4.79 Å². The first-order valence-corrected chi connectivity index (χ1v) is 12.4. The molecule has 4 aliphatic carbocycles. The molecule has 0 spiro atoms. The fourth-order valence-electron chi connectivity index (χ4n) is 8.91. The van der Waals surface area contributed by atoms with E-state index < -0.39 is 0 Å². The molecule has 4 aliphatic rings. The van der Waals surface area contributed by atoms with Crippen molar-refractivity contribution in [1.82, 2.24) is 0 Å². The van der Waals surface area contributed by atoms with Crippen molar-refractivity contribution in [3.63, 3.8) is 0 Å². The topological polar surface area (TPSA) is 17.1 Å². The molecule has 4 fully saturated rings. The van der Waals surface area contributed by atoms with E-state index in [1.54, 1.807) is 0 Å². The molecule has 0 bridgehead atoms. The summed E-state index contributed by atoms with van der Waals surface area (Å²) < 4.78 is 0. The Hall–Kier alpha value is -0.590. The van der Waals surface area contributed by atoms with Gasteiger partial charge in [-0.25, -0.2) is 0 Å². The molecule has 1 nitrogen and oxygen atoms in total. The van der Waals surface area contributed by atoms with E-state index in [1.807, 2.05) is 0 Å². The first-order chi connectivity index (χ1) is 13.3. The van der Waals surface area contributed by atoms with E-state index >= 15 is 0 Å². The minimum absolute atomic E-state index is 0.277. The van der Waals surface area contributed by atoms with Crippen LogP contribution in [-0.4, -0.2) is 5.78 Å². The van der Waals surface area contributed by atoms with E-state index in [2.05, 4.69) is 34.3 Å². The number of carbonyl (C=O) groups is 1. The Bertz CT molecular complexity index is 620. The third kappa shape index (κ3) is 3.24. The number of hydrogen-bond donors (Lipinski definition) is 0. The third-order valence-electron chi connectivity index (χ3n) is 10.4. The fraction of sp³-hybridized carbons (Fsp3) is 0.889. The maximum atomic E-state index is 13.4. The van der Waals surface area contributed by atoms with Crippen LogP contribution in [0.1, 0.15) is 105 Å². The van der Waals surface area contributed by atoms with Gasteiger partial charge in [0.25, 0.3) is 0 Å². The highest BCUT2D eigenvalue weighted by atomic mass is 16.1. The van der Waals surface area contributed by atoms with Crippen LogP contribution >= 0.6 is 0 Å². The van der Waals surface area contributed by atoms with Gasteiger partial charge in [0.2, 0.25) is 0 Å². The van der Waals surface area contributed by atoms with Gasteiger partial charge in [0.1, 0.15) is 5.78 Å². The lowest BCUT2D eigenvalue weighted by molar-refractivity contribution is -0.141. The average Bonchev–Trinajstić information content (AvgIpc) is 2.92. The van der Waals surface area contributed by atoms with Crippen LogP contribution in [0.2, 0.25) is 0 Å². The van der Waals surface area contributed by atoms with Crippen molar-refractivity contribution in [3.05, 3.63) is 12.2 Å². The Balaban J connectivity index is 1.53. The molecule has 0 saturated heterocycles. The van der Waals surface area contributed by atoms with Gasteiger partial charge in [-0.15, -0.1) is 6.58 Å². The minimum atomic E-state index is 0.277. The standard InChI is InChI=1S/C27H44O/c1-18(2)9-8-10-19(3)23-17-24(28)25-21-13-12-20-11-6-7-15-26(20,4)22(21)14-16-27(23,25)5/h19-23,25H,1,6-17H2,2-5H3/t19-,20?,21-,22+,23-,25-,26+,27-/m1/s1. The van der Waals surface area contributed by atoms with Crippen LogP contribution in [0, 0.1) is 46.3 Å². The molecule has 1 unspecified atom stereocenters. The highest BCUT2D eigenvalue weighted by molar-refractivity contribution is 5.85. The molecule has 0 N–H and O–H groups in total. The van der Waals surface area contributed by atoms with Gasteiger partial charge in [0.05, 0.1) is 0 Å². The van der Waals surface area contributed by atoms with Crippen LogP contribution in [0.25, 0.3) is 0 Å². The van der Waals surface area contributed by atoms with Crippen LogP contribution < -0.4 is 0 Å². The Morgan fingerprint density at radius 3 is 2.64 bits per heavy atom. The lowest BCUT2D eigenvalue weighted by Crippen LogP contribution is -2.54. The quantitative estimate of drug-likeness (QED) is 0.446. The number of allylic oxidation sites excluding steroid dienone is 1. The Labute approximate surface area is 174 Å². The molecule has 4 rings (SSSR count). The predicted molar refractivity (Wildman–Crippen MR) is 118 cm³/mol. The second-order valence-electron chi connectivity index (χ2n) is 11.9. The van der Waals surface area contributed by atoms with Crippen molar-refractivity contribution in [2.75, 3.05) is 0 Å². The maximum Gasteiger partial charge on any atom is 0.137 e. The third-order valence-corrected chi connectivity index (χ3v) is 10.4. The van der Waals surface area contributed by atoms with Crippen LogP contribution in [0.5, 0.6) is 0 Å². The summed E-state index contributed by atoms with van der Waals surface area (Å²) in [6.45, 7) is 13.8. The molecule has 158 valence electrons. The number of Topliss-reactive ketones (excluding diaryl/α,β-unsaturated/α-hetero) is 1. The van der Waals surface area contributed by atoms with Crippen molar-refractivity contribution in [1.29, 1.82) is 0 Å². The van der Waals surface area contributed by atoms with Gasteiger partial charge >= 0.3 is 0 Å². The first-order valence-electron chi connectivity index (χ1n) is 12.4. The second kappa shape index (κ2) is 7.59. The molecular formula is C27H44O. The molecule has 0 radical (unpaired) electrons. The zero-order valence-corrected chi connectivity index (χ0v) is 19.1. The van der Waals surface area contributed by atoms with E-state index in [1.165, 1.54) is 69.8 Å². The minimum Gasteiger partial charge on any atom is -0.299 e. The fourth-order valence-corrected chi connectivity index (χ4v) is 8.91. The zero-order valence-electron chi connectivity index (χ0n) is 19.1. The SMILES string of the molecule is C=C(C)CCC[C@@H](C)[C@H]1CC(=O)[C@H]2[C@@H]3CCC4CCCC[C@]4(C)[C@H]3CC[C@]12C. The lowest BCUT2D eigenvalue weighted by Gasteiger charge is -2.60. The summed E-state index contributed by atoms with van der Waals surface area (Å²) in [7, 11) is 0. The molecule has 0 heterocycles. The summed E-state index contributed by atoms with van der Waals surface area (Å²) in [6, 6.07) is 0. The summed E-state index contributed by atoms with van der Waals surface area (Å²) in [4.78, 5) is 13.4. The molecule has 4 saturated carbocycles. The van der Waals surface area contributed by atoms with Crippen molar-refractivity contribution >= 4 is 5.78 Å². The maximum absolute atomic E-state index is 13.4. The van der Waals surface area contributed by atoms with E-state index in [4.69, 9.17) is 0 Å². The Morgan fingerprint density at radius 1 is 1.11 bits per heavy atom. The van der Waals surface area contributed by atoms with Gasteiger partial charge in [-0.3, -0.25) is 4.79 Å². The molecule has 0 aliphatic heterocycles. The molecule has 0 aromatic heterocycles. The summed E-state index contributed by atoms with van der Waals surface area (Å²) in [5, 5.41) is 0. The molecule has 8 atom stereocenters. The summed E-state index contributed by atoms with van der Waals surface area (Å²) in [5.74, 6) is 4.78. The van der Waals surface area contributed by atoms with Crippen LogP contribution in [0.15, 0.2) is 12.2 Å². The number of rotatable bonds is 5.